The zero-order chi connectivity index (χ0) is 14.5. The first-order valence-electron chi connectivity index (χ1n) is 8.06. The maximum atomic E-state index is 8.62. The number of hydrogen-bond acceptors (Lipinski definition) is 2. The average molecular weight is 272 g/mol. The lowest BCUT2D eigenvalue weighted by molar-refractivity contribution is 0.581. The quantitative estimate of drug-likeness (QED) is 0.554. The Kier molecular flexibility index (Phi) is 9.40. The second-order valence-electron chi connectivity index (χ2n) is 5.43. The third-order valence-electron chi connectivity index (χ3n) is 3.60. The molecular weight excluding hydrogens is 244 g/mol. The number of benzene rings is 1. The molecule has 20 heavy (non-hydrogen) atoms. The highest BCUT2D eigenvalue weighted by Crippen LogP contribution is 2.11. The van der Waals surface area contributed by atoms with Crippen molar-refractivity contribution >= 4 is 5.69 Å². The smallest absolute Gasteiger partial charge is 0.0669 e. The van der Waals surface area contributed by atoms with Crippen molar-refractivity contribution in [3.63, 3.8) is 0 Å². The van der Waals surface area contributed by atoms with Crippen LogP contribution in [0.15, 0.2) is 24.3 Å². The average Bonchev–Trinajstić information content (AvgIpc) is 2.47. The summed E-state index contributed by atoms with van der Waals surface area (Å²) in [5.74, 6) is 0. The van der Waals surface area contributed by atoms with E-state index in [1.54, 1.807) is 0 Å². The van der Waals surface area contributed by atoms with Crippen molar-refractivity contribution in [1.29, 1.82) is 5.26 Å². The van der Waals surface area contributed by atoms with Gasteiger partial charge in [-0.15, -0.1) is 0 Å². The molecule has 0 aliphatic rings. The summed E-state index contributed by atoms with van der Waals surface area (Å²) in [6.45, 7) is 3.31. The summed E-state index contributed by atoms with van der Waals surface area (Å²) in [6, 6.07) is 10.4. The highest BCUT2D eigenvalue weighted by molar-refractivity contribution is 5.44. The molecule has 1 N–H and O–H groups in total. The Morgan fingerprint density at radius 2 is 1.50 bits per heavy atom. The van der Waals surface area contributed by atoms with E-state index >= 15 is 0 Å². The normalized spacial score (nSPS) is 10.2. The molecule has 110 valence electrons. The van der Waals surface area contributed by atoms with Crippen molar-refractivity contribution in [1.82, 2.24) is 0 Å². The van der Waals surface area contributed by atoms with Crippen LogP contribution in [0.4, 0.5) is 5.69 Å². The molecule has 2 heteroatoms. The van der Waals surface area contributed by atoms with E-state index in [0.717, 1.165) is 17.8 Å². The van der Waals surface area contributed by atoms with Crippen LogP contribution < -0.4 is 5.32 Å². The van der Waals surface area contributed by atoms with Crippen LogP contribution in [-0.4, -0.2) is 6.54 Å². The van der Waals surface area contributed by atoms with Crippen molar-refractivity contribution < 1.29 is 0 Å². The molecule has 0 aromatic heterocycles. The summed E-state index contributed by atoms with van der Waals surface area (Å²) >= 11 is 0. The molecule has 0 bridgehead atoms. The standard InChI is InChI=1S/C18H28N2/c1-2-3-4-5-6-7-8-9-16-20-18-12-10-17(11-13-18)14-15-19/h10-13,20H,2-9,14,16H2,1H3. The maximum Gasteiger partial charge on any atom is 0.0669 e. The third-order valence-corrected chi connectivity index (χ3v) is 3.60. The van der Waals surface area contributed by atoms with E-state index in [0.29, 0.717) is 6.42 Å². The number of anilines is 1. The fraction of sp³-hybridized carbons (Fsp3) is 0.611. The predicted octanol–water partition coefficient (Wildman–Crippen LogP) is 5.31. The first kappa shape index (κ1) is 16.6. The number of nitrogens with one attached hydrogen (secondary N) is 1. The molecule has 0 aliphatic carbocycles. The molecule has 0 spiro atoms. The van der Waals surface area contributed by atoms with Gasteiger partial charge in [-0.2, -0.15) is 5.26 Å². The van der Waals surface area contributed by atoms with Gasteiger partial charge in [-0.1, -0.05) is 64.0 Å². The Bertz CT molecular complexity index is 375. The summed E-state index contributed by atoms with van der Waals surface area (Å²) in [6.07, 6.45) is 11.4. The molecule has 0 unspecified atom stereocenters. The van der Waals surface area contributed by atoms with E-state index in [4.69, 9.17) is 5.26 Å². The van der Waals surface area contributed by atoms with Crippen molar-refractivity contribution in [2.75, 3.05) is 11.9 Å². The van der Waals surface area contributed by atoms with Gasteiger partial charge in [0.2, 0.25) is 0 Å². The Morgan fingerprint density at radius 3 is 2.10 bits per heavy atom. The number of unbranched alkanes of at least 4 members (excludes halogenated alkanes) is 7. The molecule has 0 saturated heterocycles. The topological polar surface area (TPSA) is 35.8 Å². The molecule has 0 atom stereocenters. The zero-order valence-electron chi connectivity index (χ0n) is 12.8. The van der Waals surface area contributed by atoms with Gasteiger partial charge >= 0.3 is 0 Å². The van der Waals surface area contributed by atoms with Crippen molar-refractivity contribution in [2.24, 2.45) is 0 Å². The van der Waals surface area contributed by atoms with E-state index in [1.165, 1.54) is 51.4 Å². The van der Waals surface area contributed by atoms with Crippen LogP contribution >= 0.6 is 0 Å². The van der Waals surface area contributed by atoms with Crippen molar-refractivity contribution in [3.8, 4) is 6.07 Å². The number of nitriles is 1. The Balaban J connectivity index is 1.99. The Labute approximate surface area is 124 Å². The molecule has 0 heterocycles. The van der Waals surface area contributed by atoms with Crippen LogP contribution in [0, 0.1) is 11.3 Å². The monoisotopic (exact) mass is 272 g/mol. The van der Waals surface area contributed by atoms with Gasteiger partial charge in [-0.25, -0.2) is 0 Å². The molecule has 1 aromatic carbocycles. The minimum atomic E-state index is 0.498. The SMILES string of the molecule is CCCCCCCCCCNc1ccc(CC#N)cc1. The first-order chi connectivity index (χ1) is 9.86. The molecule has 1 rings (SSSR count). The summed E-state index contributed by atoms with van der Waals surface area (Å²) in [7, 11) is 0. The minimum Gasteiger partial charge on any atom is -0.385 e. The fourth-order valence-electron chi connectivity index (χ4n) is 2.32. The first-order valence-corrected chi connectivity index (χ1v) is 8.06. The van der Waals surface area contributed by atoms with E-state index in [-0.39, 0.29) is 0 Å². The maximum absolute atomic E-state index is 8.62. The van der Waals surface area contributed by atoms with Crippen LogP contribution in [-0.2, 0) is 6.42 Å². The minimum absolute atomic E-state index is 0.498. The van der Waals surface area contributed by atoms with Gasteiger partial charge in [-0.05, 0) is 24.1 Å². The molecule has 1 aromatic rings. The molecule has 0 fully saturated rings. The summed E-state index contributed by atoms with van der Waals surface area (Å²) < 4.78 is 0. The largest absolute Gasteiger partial charge is 0.385 e. The lowest BCUT2D eigenvalue weighted by Gasteiger charge is -2.07. The number of nitrogens with zero attached hydrogens (tertiary/aromatic N) is 1. The second kappa shape index (κ2) is 11.3. The molecule has 2 nitrogen and oxygen atoms in total. The summed E-state index contributed by atoms with van der Waals surface area (Å²) in [5.41, 5.74) is 2.25. The summed E-state index contributed by atoms with van der Waals surface area (Å²) in [5, 5.41) is 12.1. The molecule has 0 saturated carbocycles. The van der Waals surface area contributed by atoms with Crippen molar-refractivity contribution in [3.05, 3.63) is 29.8 Å². The highest BCUT2D eigenvalue weighted by Gasteiger charge is 1.95. The van der Waals surface area contributed by atoms with Gasteiger partial charge < -0.3 is 5.32 Å². The third kappa shape index (κ3) is 7.84. The Morgan fingerprint density at radius 1 is 0.900 bits per heavy atom. The van der Waals surface area contributed by atoms with Crippen LogP contribution in [0.5, 0.6) is 0 Å². The van der Waals surface area contributed by atoms with Gasteiger partial charge in [0.05, 0.1) is 12.5 Å². The van der Waals surface area contributed by atoms with Gasteiger partial charge in [-0.3, -0.25) is 0 Å². The van der Waals surface area contributed by atoms with E-state index < -0.39 is 0 Å². The molecule has 0 aliphatic heterocycles. The van der Waals surface area contributed by atoms with Crippen molar-refractivity contribution in [2.45, 2.75) is 64.7 Å². The van der Waals surface area contributed by atoms with Gasteiger partial charge in [0.1, 0.15) is 0 Å². The lowest BCUT2D eigenvalue weighted by Crippen LogP contribution is -2.01. The number of rotatable bonds is 11. The molecule has 0 radical (unpaired) electrons. The van der Waals surface area contributed by atoms with Crippen LogP contribution in [0.25, 0.3) is 0 Å². The predicted molar refractivity (Wildman–Crippen MR) is 86.9 cm³/mol. The Hall–Kier alpha value is -1.49. The summed E-state index contributed by atoms with van der Waals surface area (Å²) in [4.78, 5) is 0. The number of hydrogen-bond donors (Lipinski definition) is 1. The van der Waals surface area contributed by atoms with Crippen LogP contribution in [0.2, 0.25) is 0 Å². The second-order valence-corrected chi connectivity index (χ2v) is 5.43. The molecular formula is C18H28N2. The van der Waals surface area contributed by atoms with Gasteiger partial charge in [0.25, 0.3) is 0 Å². The van der Waals surface area contributed by atoms with Crippen LogP contribution in [0.3, 0.4) is 0 Å². The van der Waals surface area contributed by atoms with Crippen LogP contribution in [0.1, 0.15) is 63.9 Å². The zero-order valence-corrected chi connectivity index (χ0v) is 12.8. The van der Waals surface area contributed by atoms with Gasteiger partial charge in [0.15, 0.2) is 0 Å². The van der Waals surface area contributed by atoms with E-state index in [9.17, 15) is 0 Å². The van der Waals surface area contributed by atoms with E-state index in [2.05, 4.69) is 30.4 Å². The van der Waals surface area contributed by atoms with Gasteiger partial charge in [0, 0.05) is 12.2 Å². The highest BCUT2D eigenvalue weighted by atomic mass is 14.9. The molecule has 0 amide bonds. The lowest BCUT2D eigenvalue weighted by atomic mass is 10.1. The fourth-order valence-corrected chi connectivity index (χ4v) is 2.32. The van der Waals surface area contributed by atoms with E-state index in [1.807, 2.05) is 12.1 Å².